The molecule has 0 aliphatic rings. The molecule has 0 radical (unpaired) electrons. The van der Waals surface area contributed by atoms with Crippen molar-refractivity contribution in [1.29, 1.82) is 0 Å². The maximum absolute atomic E-state index is 12.7. The number of nitro benzene ring substituents is 1. The van der Waals surface area contributed by atoms with Gasteiger partial charge in [-0.1, -0.05) is 18.2 Å². The van der Waals surface area contributed by atoms with Gasteiger partial charge in [0.05, 0.1) is 22.1 Å². The number of hydrogen-bond donors (Lipinski definition) is 4. The van der Waals surface area contributed by atoms with Gasteiger partial charge in [0.2, 0.25) is 10.0 Å². The zero-order valence-electron chi connectivity index (χ0n) is 16.0. The molecule has 0 aliphatic carbocycles. The van der Waals surface area contributed by atoms with Crippen molar-refractivity contribution in [2.75, 3.05) is 16.4 Å². The van der Waals surface area contributed by atoms with Crippen LogP contribution in [0.25, 0.3) is 21.8 Å². The van der Waals surface area contributed by atoms with Crippen LogP contribution >= 0.6 is 0 Å². The minimum atomic E-state index is -3.92. The Bertz CT molecular complexity index is 1570. The van der Waals surface area contributed by atoms with E-state index >= 15 is 0 Å². The first-order chi connectivity index (χ1) is 14.6. The molecule has 4 rings (SSSR count). The number of para-hydroxylation sites is 1. The van der Waals surface area contributed by atoms with Crippen LogP contribution in [0.5, 0.6) is 0 Å². The number of sulfonamides is 1. The van der Waals surface area contributed by atoms with Gasteiger partial charge in [-0.25, -0.2) is 18.0 Å². The average Bonchev–Trinajstić information content (AvgIpc) is 3.11. The number of hydrogen-bond acceptors (Lipinski definition) is 7. The van der Waals surface area contributed by atoms with E-state index in [-0.39, 0.29) is 28.8 Å². The first-order valence-electron chi connectivity index (χ1n) is 8.88. The van der Waals surface area contributed by atoms with E-state index in [1.54, 1.807) is 6.20 Å². The quantitative estimate of drug-likeness (QED) is 0.255. The second-order valence-corrected chi connectivity index (χ2v) is 8.55. The van der Waals surface area contributed by atoms with E-state index < -0.39 is 26.2 Å². The Balaban J connectivity index is 1.81. The first-order valence-corrected chi connectivity index (χ1v) is 10.8. The number of nitrogens with one attached hydrogen (secondary N) is 4. The van der Waals surface area contributed by atoms with Crippen LogP contribution in [0.2, 0.25) is 0 Å². The molecule has 0 saturated heterocycles. The van der Waals surface area contributed by atoms with E-state index in [4.69, 9.17) is 0 Å². The van der Waals surface area contributed by atoms with E-state index in [0.717, 1.165) is 28.8 Å². The van der Waals surface area contributed by atoms with Gasteiger partial charge >= 0.3 is 5.69 Å². The SMILES string of the molecule is CS(=O)(=O)Nn1c(=O)[nH]c2cc([N+](=O)[O-])c(NCc3c[nH]c4ccccc34)cc2c1=O. The lowest BCUT2D eigenvalue weighted by molar-refractivity contribution is -0.383. The molecular formula is C18H16N6O6S. The summed E-state index contributed by atoms with van der Waals surface area (Å²) in [7, 11) is -3.92. The number of benzene rings is 2. The van der Waals surface area contributed by atoms with Gasteiger partial charge in [-0.05, 0) is 17.7 Å². The Kier molecular flexibility index (Phi) is 4.74. The molecule has 0 bridgehead atoms. The highest BCUT2D eigenvalue weighted by Gasteiger charge is 2.19. The Labute approximate surface area is 173 Å². The summed E-state index contributed by atoms with van der Waals surface area (Å²) in [6.45, 7) is 0.218. The summed E-state index contributed by atoms with van der Waals surface area (Å²) in [6, 6.07) is 9.80. The topological polar surface area (TPSA) is 172 Å². The molecule has 0 fully saturated rings. The number of nitro groups is 1. The van der Waals surface area contributed by atoms with Gasteiger partial charge in [0.1, 0.15) is 5.69 Å². The number of anilines is 1. The highest BCUT2D eigenvalue weighted by molar-refractivity contribution is 7.91. The smallest absolute Gasteiger partial charge is 0.348 e. The van der Waals surface area contributed by atoms with Crippen LogP contribution in [0, 0.1) is 10.1 Å². The van der Waals surface area contributed by atoms with Crippen LogP contribution in [-0.4, -0.2) is 34.2 Å². The molecular weight excluding hydrogens is 428 g/mol. The van der Waals surface area contributed by atoms with Crippen LogP contribution < -0.4 is 21.4 Å². The van der Waals surface area contributed by atoms with E-state index in [9.17, 15) is 28.1 Å². The van der Waals surface area contributed by atoms with E-state index in [2.05, 4.69) is 15.3 Å². The molecule has 12 nitrogen and oxygen atoms in total. The van der Waals surface area contributed by atoms with Crippen LogP contribution in [0.15, 0.2) is 52.2 Å². The van der Waals surface area contributed by atoms with Gasteiger partial charge in [0.25, 0.3) is 11.2 Å². The first kappa shape index (κ1) is 20.2. The second kappa shape index (κ2) is 7.28. The molecule has 2 aromatic heterocycles. The molecule has 0 unspecified atom stereocenters. The number of rotatable bonds is 6. The van der Waals surface area contributed by atoms with Crippen LogP contribution in [-0.2, 0) is 16.6 Å². The number of H-pyrrole nitrogens is 2. The summed E-state index contributed by atoms with van der Waals surface area (Å²) in [5, 5.41) is 15.3. The van der Waals surface area contributed by atoms with Gasteiger partial charge in [0.15, 0.2) is 0 Å². The summed E-state index contributed by atoms with van der Waals surface area (Å²) in [6.07, 6.45) is 2.55. The molecule has 0 atom stereocenters. The van der Waals surface area contributed by atoms with Crippen LogP contribution in [0.3, 0.4) is 0 Å². The fourth-order valence-electron chi connectivity index (χ4n) is 3.26. The van der Waals surface area contributed by atoms with Crippen molar-refractivity contribution in [3.8, 4) is 0 Å². The molecule has 160 valence electrons. The summed E-state index contributed by atoms with van der Waals surface area (Å²) >= 11 is 0. The number of fused-ring (bicyclic) bond motifs is 2. The number of aromatic nitrogens is 3. The van der Waals surface area contributed by atoms with Gasteiger partial charge < -0.3 is 15.3 Å². The average molecular weight is 444 g/mol. The molecule has 0 saturated carbocycles. The predicted molar refractivity (Wildman–Crippen MR) is 115 cm³/mol. The molecule has 4 aromatic rings. The third kappa shape index (κ3) is 3.85. The van der Waals surface area contributed by atoms with Crippen molar-refractivity contribution in [3.63, 3.8) is 0 Å². The van der Waals surface area contributed by atoms with Crippen molar-refractivity contribution in [1.82, 2.24) is 14.6 Å². The van der Waals surface area contributed by atoms with Gasteiger partial charge in [-0.3, -0.25) is 14.9 Å². The normalized spacial score (nSPS) is 11.6. The predicted octanol–water partition coefficient (Wildman–Crippen LogP) is 1.19. The Morgan fingerprint density at radius 3 is 2.58 bits per heavy atom. The maximum atomic E-state index is 12.7. The summed E-state index contributed by atoms with van der Waals surface area (Å²) < 4.78 is 23.2. The second-order valence-electron chi connectivity index (χ2n) is 6.82. The van der Waals surface area contributed by atoms with Gasteiger partial charge in [0, 0.05) is 29.7 Å². The van der Waals surface area contributed by atoms with Gasteiger partial charge in [-0.2, -0.15) is 4.68 Å². The maximum Gasteiger partial charge on any atom is 0.348 e. The van der Waals surface area contributed by atoms with Gasteiger partial charge in [-0.15, -0.1) is 0 Å². The summed E-state index contributed by atoms with van der Waals surface area (Å²) in [5.41, 5.74) is -0.687. The molecule has 2 heterocycles. The van der Waals surface area contributed by atoms with Crippen LogP contribution in [0.1, 0.15) is 5.56 Å². The van der Waals surface area contributed by atoms with Crippen molar-refractivity contribution in [2.45, 2.75) is 6.54 Å². The summed E-state index contributed by atoms with van der Waals surface area (Å²) in [4.78, 5) is 42.9. The highest BCUT2D eigenvalue weighted by Crippen LogP contribution is 2.29. The minimum absolute atomic E-state index is 0.0397. The Morgan fingerprint density at radius 1 is 1.13 bits per heavy atom. The van der Waals surface area contributed by atoms with E-state index in [0.29, 0.717) is 4.68 Å². The van der Waals surface area contributed by atoms with E-state index in [1.165, 1.54) is 6.07 Å². The van der Waals surface area contributed by atoms with Crippen molar-refractivity contribution >= 4 is 43.2 Å². The summed E-state index contributed by atoms with van der Waals surface area (Å²) in [5.74, 6) is 0. The molecule has 13 heteroatoms. The molecule has 0 spiro atoms. The monoisotopic (exact) mass is 444 g/mol. The Hall–Kier alpha value is -4.13. The van der Waals surface area contributed by atoms with Crippen molar-refractivity contribution in [2.24, 2.45) is 0 Å². The van der Waals surface area contributed by atoms with Crippen molar-refractivity contribution in [3.05, 3.63) is 79.1 Å². The zero-order chi connectivity index (χ0) is 22.3. The van der Waals surface area contributed by atoms with Crippen molar-refractivity contribution < 1.29 is 13.3 Å². The standard InChI is InChI=1S/C18H16N6O6S/c1-31(29,30)22-23-17(25)12-6-15(16(24(27)28)7-14(12)21-18(23)26)20-9-10-8-19-13-5-3-2-4-11(10)13/h2-8,19-20,22H,9H2,1H3,(H,21,26). The Morgan fingerprint density at radius 2 is 1.87 bits per heavy atom. The minimum Gasteiger partial charge on any atom is -0.375 e. The largest absolute Gasteiger partial charge is 0.375 e. The third-order valence-corrected chi connectivity index (χ3v) is 5.13. The highest BCUT2D eigenvalue weighted by atomic mass is 32.2. The lowest BCUT2D eigenvalue weighted by Crippen LogP contribution is -2.43. The number of aromatic amines is 2. The number of nitrogens with zero attached hydrogens (tertiary/aromatic N) is 2. The molecule has 4 N–H and O–H groups in total. The van der Waals surface area contributed by atoms with E-state index in [1.807, 2.05) is 29.1 Å². The third-order valence-electron chi connectivity index (χ3n) is 4.61. The lowest BCUT2D eigenvalue weighted by atomic mass is 10.1. The lowest BCUT2D eigenvalue weighted by Gasteiger charge is -2.10. The molecule has 2 aromatic carbocycles. The molecule has 31 heavy (non-hydrogen) atoms. The molecule has 0 amide bonds. The van der Waals surface area contributed by atoms with Crippen LogP contribution in [0.4, 0.5) is 11.4 Å². The zero-order valence-corrected chi connectivity index (χ0v) is 16.8. The fraction of sp³-hybridized carbons (Fsp3) is 0.111. The molecule has 0 aliphatic heterocycles. The fourth-order valence-corrected chi connectivity index (χ4v) is 3.76.